The van der Waals surface area contributed by atoms with Gasteiger partial charge < -0.3 is 9.47 Å². The average molecular weight is 274 g/mol. The van der Waals surface area contributed by atoms with Gasteiger partial charge in [-0.05, 0) is 6.42 Å². The topological polar surface area (TPSA) is 107 Å². The lowest BCUT2D eigenvalue weighted by Gasteiger charge is -2.13. The Morgan fingerprint density at radius 3 is 2.59 bits per heavy atom. The number of halogens is 2. The molecule has 0 amide bonds. The molecule has 0 aromatic heterocycles. The van der Waals surface area contributed by atoms with Crippen LogP contribution in [0, 0.1) is 5.92 Å². The zero-order chi connectivity index (χ0) is 13.3. The van der Waals surface area contributed by atoms with E-state index in [1.54, 1.807) is 0 Å². The Bertz CT molecular complexity index is 430. The van der Waals surface area contributed by atoms with Crippen LogP contribution in [0.15, 0.2) is 0 Å². The van der Waals surface area contributed by atoms with Crippen molar-refractivity contribution >= 4 is 22.1 Å². The summed E-state index contributed by atoms with van der Waals surface area (Å²) in [5.41, 5.74) is 0. The SMILES string of the molecule is O=C1OCCC1COC(=O)C(F)(F)S(=O)(=O)O. The molecule has 1 atom stereocenters. The maximum absolute atomic E-state index is 12.7. The van der Waals surface area contributed by atoms with Crippen molar-refractivity contribution in [3.05, 3.63) is 0 Å². The van der Waals surface area contributed by atoms with Gasteiger partial charge in [-0.3, -0.25) is 9.35 Å². The fourth-order valence-electron chi connectivity index (χ4n) is 1.05. The van der Waals surface area contributed by atoms with E-state index >= 15 is 0 Å². The van der Waals surface area contributed by atoms with Gasteiger partial charge in [0.15, 0.2) is 0 Å². The Morgan fingerprint density at radius 1 is 1.59 bits per heavy atom. The third-order valence-corrected chi connectivity index (χ3v) is 2.84. The van der Waals surface area contributed by atoms with Gasteiger partial charge in [-0.25, -0.2) is 4.79 Å². The third-order valence-electron chi connectivity index (χ3n) is 2.02. The average Bonchev–Trinajstić information content (AvgIpc) is 2.58. The van der Waals surface area contributed by atoms with Crippen LogP contribution in [0.3, 0.4) is 0 Å². The van der Waals surface area contributed by atoms with Gasteiger partial charge in [0.1, 0.15) is 6.61 Å². The highest BCUT2D eigenvalue weighted by molar-refractivity contribution is 7.87. The van der Waals surface area contributed by atoms with Crippen LogP contribution in [-0.2, 0) is 29.2 Å². The predicted octanol–water partition coefficient (Wildman–Crippen LogP) is -0.427. The van der Waals surface area contributed by atoms with E-state index in [1.807, 2.05) is 0 Å². The van der Waals surface area contributed by atoms with E-state index in [4.69, 9.17) is 4.55 Å². The number of hydrogen-bond donors (Lipinski definition) is 1. The van der Waals surface area contributed by atoms with Crippen LogP contribution in [0.5, 0.6) is 0 Å². The summed E-state index contributed by atoms with van der Waals surface area (Å²) >= 11 is 0. The molecule has 0 spiro atoms. The first-order valence-corrected chi connectivity index (χ1v) is 5.79. The second-order valence-electron chi connectivity index (χ2n) is 3.24. The van der Waals surface area contributed by atoms with Gasteiger partial charge in [-0.1, -0.05) is 0 Å². The molecule has 1 N–H and O–H groups in total. The number of alkyl halides is 2. The summed E-state index contributed by atoms with van der Waals surface area (Å²) in [6.07, 6.45) is 0.184. The molecule has 0 aromatic rings. The number of cyclic esters (lactones) is 1. The van der Waals surface area contributed by atoms with Gasteiger partial charge in [-0.2, -0.15) is 17.2 Å². The zero-order valence-corrected chi connectivity index (χ0v) is 9.08. The number of carbonyl (C=O) groups is 2. The molecule has 0 aromatic carbocycles. The molecule has 7 nitrogen and oxygen atoms in total. The molecule has 1 aliphatic heterocycles. The molecule has 17 heavy (non-hydrogen) atoms. The number of hydrogen-bond acceptors (Lipinski definition) is 6. The van der Waals surface area contributed by atoms with Gasteiger partial charge in [0.05, 0.1) is 12.5 Å². The minimum atomic E-state index is -5.88. The number of carbonyl (C=O) groups excluding carboxylic acids is 2. The van der Waals surface area contributed by atoms with Crippen LogP contribution in [0.1, 0.15) is 6.42 Å². The van der Waals surface area contributed by atoms with E-state index in [0.29, 0.717) is 0 Å². The summed E-state index contributed by atoms with van der Waals surface area (Å²) in [5.74, 6) is -4.04. The Balaban J connectivity index is 2.59. The molecule has 1 saturated heterocycles. The highest BCUT2D eigenvalue weighted by Crippen LogP contribution is 2.23. The highest BCUT2D eigenvalue weighted by atomic mass is 32.2. The van der Waals surface area contributed by atoms with Crippen molar-refractivity contribution in [2.45, 2.75) is 11.7 Å². The summed E-state index contributed by atoms with van der Waals surface area (Å²) in [6.45, 7) is -0.640. The lowest BCUT2D eigenvalue weighted by molar-refractivity contribution is -0.164. The molecule has 0 aliphatic carbocycles. The molecular weight excluding hydrogens is 266 g/mol. The quantitative estimate of drug-likeness (QED) is 0.547. The van der Waals surface area contributed by atoms with E-state index in [-0.39, 0.29) is 13.0 Å². The largest absolute Gasteiger partial charge is 0.465 e. The molecule has 0 bridgehead atoms. The van der Waals surface area contributed by atoms with Crippen molar-refractivity contribution in [1.29, 1.82) is 0 Å². The van der Waals surface area contributed by atoms with E-state index in [0.717, 1.165) is 0 Å². The zero-order valence-electron chi connectivity index (χ0n) is 8.26. The molecule has 0 saturated carbocycles. The van der Waals surface area contributed by atoms with Crippen LogP contribution < -0.4 is 0 Å². The van der Waals surface area contributed by atoms with Crippen LogP contribution in [0.2, 0.25) is 0 Å². The van der Waals surface area contributed by atoms with Gasteiger partial charge in [-0.15, -0.1) is 0 Å². The van der Waals surface area contributed by atoms with Crippen molar-refractivity contribution < 1.29 is 40.8 Å². The fourth-order valence-corrected chi connectivity index (χ4v) is 1.32. The maximum atomic E-state index is 12.7. The van der Waals surface area contributed by atoms with Gasteiger partial charge in [0.25, 0.3) is 0 Å². The van der Waals surface area contributed by atoms with Crippen LogP contribution in [-0.4, -0.2) is 43.4 Å². The van der Waals surface area contributed by atoms with Gasteiger partial charge >= 0.3 is 27.3 Å². The third kappa shape index (κ3) is 2.88. The minimum Gasteiger partial charge on any atom is -0.465 e. The lowest BCUT2D eigenvalue weighted by Crippen LogP contribution is -2.39. The monoisotopic (exact) mass is 274 g/mol. The van der Waals surface area contributed by atoms with Gasteiger partial charge in [0.2, 0.25) is 0 Å². The molecule has 1 rings (SSSR count). The van der Waals surface area contributed by atoms with Crippen molar-refractivity contribution in [2.75, 3.05) is 13.2 Å². The van der Waals surface area contributed by atoms with Gasteiger partial charge in [0, 0.05) is 0 Å². The van der Waals surface area contributed by atoms with Crippen molar-refractivity contribution in [1.82, 2.24) is 0 Å². The predicted molar refractivity (Wildman–Crippen MR) is 46.5 cm³/mol. The number of esters is 2. The molecule has 1 unspecified atom stereocenters. The molecule has 1 aliphatic rings. The van der Waals surface area contributed by atoms with Crippen LogP contribution >= 0.6 is 0 Å². The summed E-state index contributed by atoms with van der Waals surface area (Å²) < 4.78 is 62.2. The number of rotatable bonds is 4. The normalized spacial score (nSPS) is 21.1. The molecule has 1 heterocycles. The highest BCUT2D eigenvalue weighted by Gasteiger charge is 2.54. The minimum absolute atomic E-state index is 0.0791. The standard InChI is InChI=1S/C7H8F2O7S/c8-7(9,17(12,13)14)6(11)16-3-4-1-2-15-5(4)10/h4H,1-3H2,(H,12,13,14). The second-order valence-corrected chi connectivity index (χ2v) is 4.71. The smallest absolute Gasteiger partial charge is 0.465 e. The Kier molecular flexibility index (Phi) is 3.67. The summed E-state index contributed by atoms with van der Waals surface area (Å²) in [4.78, 5) is 21.6. The Morgan fingerprint density at radius 2 is 2.18 bits per heavy atom. The molecular formula is C7H8F2O7S. The summed E-state index contributed by atoms with van der Waals surface area (Å²) in [6, 6.07) is 0. The second kappa shape index (κ2) is 4.53. The van der Waals surface area contributed by atoms with Crippen molar-refractivity contribution in [2.24, 2.45) is 5.92 Å². The van der Waals surface area contributed by atoms with Crippen LogP contribution in [0.4, 0.5) is 8.78 Å². The summed E-state index contributed by atoms with van der Waals surface area (Å²) in [7, 11) is -5.88. The molecule has 98 valence electrons. The molecule has 1 fully saturated rings. The summed E-state index contributed by atoms with van der Waals surface area (Å²) in [5, 5.41) is -5.05. The van der Waals surface area contributed by atoms with E-state index in [2.05, 4.69) is 9.47 Å². The first-order valence-electron chi connectivity index (χ1n) is 4.35. The van der Waals surface area contributed by atoms with E-state index in [9.17, 15) is 26.8 Å². The molecule has 0 radical (unpaired) electrons. The van der Waals surface area contributed by atoms with Crippen molar-refractivity contribution in [3.8, 4) is 0 Å². The Labute approximate surface area is 94.4 Å². The first-order chi connectivity index (χ1) is 7.66. The Hall–Kier alpha value is -1.29. The van der Waals surface area contributed by atoms with E-state index < -0.39 is 39.8 Å². The maximum Gasteiger partial charge on any atom is 0.465 e. The lowest BCUT2D eigenvalue weighted by atomic mass is 10.1. The number of ether oxygens (including phenoxy) is 2. The van der Waals surface area contributed by atoms with Crippen LogP contribution in [0.25, 0.3) is 0 Å². The van der Waals surface area contributed by atoms with E-state index in [1.165, 1.54) is 0 Å². The molecule has 10 heteroatoms. The van der Waals surface area contributed by atoms with Crippen molar-refractivity contribution in [3.63, 3.8) is 0 Å². The first kappa shape index (κ1) is 13.8. The fraction of sp³-hybridized carbons (Fsp3) is 0.714.